The topological polar surface area (TPSA) is 118 Å². The Morgan fingerprint density at radius 1 is 1.32 bits per heavy atom. The van der Waals surface area contributed by atoms with Gasteiger partial charge >= 0.3 is 0 Å². The maximum Gasteiger partial charge on any atom is 0.271 e. The van der Waals surface area contributed by atoms with Gasteiger partial charge in [0.05, 0.1) is 16.6 Å². The lowest BCUT2D eigenvalue weighted by atomic mass is 9.67. The van der Waals surface area contributed by atoms with E-state index >= 15 is 0 Å². The lowest BCUT2D eigenvalue weighted by Gasteiger charge is -2.37. The standard InChI is InChI=1S/C25H28ClN5O3/c26-18-6-1-4-15-11-19(30-21(15)18)24(34)31-14-25(7-3-8-25)12-20(31)23(33)29-17(13-27)10-16-5-2-9-28-22(16)32/h1,4,6,11,16-17,20,30H,2-3,5,7-10,12,14H2,(H,28,32)(H,29,33). The van der Waals surface area contributed by atoms with E-state index < -0.39 is 12.1 Å². The predicted molar refractivity (Wildman–Crippen MR) is 127 cm³/mol. The minimum atomic E-state index is -0.775. The number of nitrogens with one attached hydrogen (secondary N) is 3. The number of piperidine rings is 1. The number of likely N-dealkylation sites (tertiary alicyclic amines) is 1. The van der Waals surface area contributed by atoms with Gasteiger partial charge in [-0.3, -0.25) is 14.4 Å². The summed E-state index contributed by atoms with van der Waals surface area (Å²) in [5.41, 5.74) is 1.06. The summed E-state index contributed by atoms with van der Waals surface area (Å²) in [5.74, 6) is -0.913. The highest BCUT2D eigenvalue weighted by molar-refractivity contribution is 6.35. The van der Waals surface area contributed by atoms with Crippen molar-refractivity contribution in [2.45, 2.75) is 57.0 Å². The van der Waals surface area contributed by atoms with Crippen LogP contribution in [0.3, 0.4) is 0 Å². The number of nitriles is 1. The molecule has 3 N–H and O–H groups in total. The number of carbonyl (C=O) groups excluding carboxylic acids is 3. The van der Waals surface area contributed by atoms with Crippen molar-refractivity contribution in [2.24, 2.45) is 11.3 Å². The zero-order chi connectivity index (χ0) is 23.9. The number of para-hydroxylation sites is 1. The van der Waals surface area contributed by atoms with Crippen molar-refractivity contribution in [3.05, 3.63) is 35.0 Å². The van der Waals surface area contributed by atoms with Gasteiger partial charge in [0.2, 0.25) is 11.8 Å². The first kappa shape index (κ1) is 22.7. The third-order valence-corrected chi connectivity index (χ3v) is 8.03. The highest BCUT2D eigenvalue weighted by Gasteiger charge is 2.52. The Balaban J connectivity index is 1.34. The number of fused-ring (bicyclic) bond motifs is 1. The van der Waals surface area contributed by atoms with Gasteiger partial charge in [0.15, 0.2) is 0 Å². The van der Waals surface area contributed by atoms with E-state index in [1.54, 1.807) is 17.0 Å². The molecule has 1 spiro atoms. The average molecular weight is 482 g/mol. The number of H-pyrrole nitrogens is 1. The van der Waals surface area contributed by atoms with Crippen molar-refractivity contribution in [1.82, 2.24) is 20.5 Å². The number of aromatic nitrogens is 1. The summed E-state index contributed by atoms with van der Waals surface area (Å²) in [6.45, 7) is 1.17. The summed E-state index contributed by atoms with van der Waals surface area (Å²) in [4.78, 5) is 43.8. The number of amides is 3. The minimum Gasteiger partial charge on any atom is -0.356 e. The summed E-state index contributed by atoms with van der Waals surface area (Å²) < 4.78 is 0. The maximum atomic E-state index is 13.5. The molecule has 0 radical (unpaired) electrons. The van der Waals surface area contributed by atoms with Crippen molar-refractivity contribution >= 4 is 40.2 Å². The lowest BCUT2D eigenvalue weighted by Crippen LogP contribution is -2.49. The van der Waals surface area contributed by atoms with E-state index in [9.17, 15) is 19.6 Å². The van der Waals surface area contributed by atoms with Crippen LogP contribution in [0.2, 0.25) is 5.02 Å². The number of rotatable bonds is 5. The number of carbonyl (C=O) groups is 3. The highest BCUT2D eigenvalue weighted by atomic mass is 35.5. The number of halogens is 1. The molecule has 1 aliphatic carbocycles. The van der Waals surface area contributed by atoms with Gasteiger partial charge in [-0.25, -0.2) is 0 Å². The molecule has 3 fully saturated rings. The molecule has 3 heterocycles. The first-order chi connectivity index (χ1) is 16.4. The largest absolute Gasteiger partial charge is 0.356 e. The molecule has 178 valence electrons. The van der Waals surface area contributed by atoms with Crippen molar-refractivity contribution in [2.75, 3.05) is 13.1 Å². The molecule has 34 heavy (non-hydrogen) atoms. The summed E-state index contributed by atoms with van der Waals surface area (Å²) in [6, 6.07) is 7.96. The summed E-state index contributed by atoms with van der Waals surface area (Å²) in [6.07, 6.45) is 5.51. The summed E-state index contributed by atoms with van der Waals surface area (Å²) in [5, 5.41) is 16.7. The molecule has 5 rings (SSSR count). The second kappa shape index (κ2) is 8.95. The Kier molecular flexibility index (Phi) is 5.98. The monoisotopic (exact) mass is 481 g/mol. The molecule has 8 nitrogen and oxygen atoms in total. The number of hydrogen-bond acceptors (Lipinski definition) is 4. The Morgan fingerprint density at radius 2 is 2.15 bits per heavy atom. The number of nitrogens with zero attached hydrogens (tertiary/aromatic N) is 2. The van der Waals surface area contributed by atoms with Gasteiger partial charge < -0.3 is 20.5 Å². The van der Waals surface area contributed by atoms with Crippen LogP contribution in [0.5, 0.6) is 0 Å². The molecular formula is C25H28ClN5O3. The second-order valence-electron chi connectivity index (χ2n) is 9.95. The molecule has 9 heteroatoms. The molecule has 3 aliphatic rings. The molecule has 3 amide bonds. The molecule has 1 aromatic heterocycles. The van der Waals surface area contributed by atoms with Gasteiger partial charge in [-0.05, 0) is 56.1 Å². The molecular weight excluding hydrogens is 454 g/mol. The number of benzene rings is 1. The maximum absolute atomic E-state index is 13.5. The van der Waals surface area contributed by atoms with Crippen LogP contribution in [0.4, 0.5) is 0 Å². The smallest absolute Gasteiger partial charge is 0.271 e. The molecule has 2 saturated heterocycles. The molecule has 1 aromatic carbocycles. The summed E-state index contributed by atoms with van der Waals surface area (Å²) in [7, 11) is 0. The van der Waals surface area contributed by atoms with Gasteiger partial charge in [-0.1, -0.05) is 30.2 Å². The van der Waals surface area contributed by atoms with Crippen molar-refractivity contribution in [3.63, 3.8) is 0 Å². The first-order valence-electron chi connectivity index (χ1n) is 11.9. The number of aromatic amines is 1. The van der Waals surface area contributed by atoms with Crippen LogP contribution in [0, 0.1) is 22.7 Å². The van der Waals surface area contributed by atoms with Crippen LogP contribution in [0.15, 0.2) is 24.3 Å². The highest BCUT2D eigenvalue weighted by Crippen LogP contribution is 2.50. The average Bonchev–Trinajstić information content (AvgIpc) is 3.43. The zero-order valence-electron chi connectivity index (χ0n) is 18.9. The Hall–Kier alpha value is -3.05. The predicted octanol–water partition coefficient (Wildman–Crippen LogP) is 3.13. The fourth-order valence-corrected chi connectivity index (χ4v) is 5.92. The normalized spacial score (nSPS) is 24.4. The van der Waals surface area contributed by atoms with Crippen LogP contribution in [-0.4, -0.2) is 52.8 Å². The lowest BCUT2D eigenvalue weighted by molar-refractivity contribution is -0.128. The summed E-state index contributed by atoms with van der Waals surface area (Å²) >= 11 is 6.27. The van der Waals surface area contributed by atoms with Crippen LogP contribution in [0.25, 0.3) is 10.9 Å². The number of hydrogen-bond donors (Lipinski definition) is 3. The van der Waals surface area contributed by atoms with E-state index in [1.165, 1.54) is 0 Å². The fourth-order valence-electron chi connectivity index (χ4n) is 5.69. The van der Waals surface area contributed by atoms with E-state index in [0.29, 0.717) is 42.2 Å². The van der Waals surface area contributed by atoms with E-state index in [0.717, 1.165) is 31.1 Å². The van der Waals surface area contributed by atoms with Crippen molar-refractivity contribution in [3.8, 4) is 6.07 Å². The quantitative estimate of drug-likeness (QED) is 0.607. The Bertz CT molecular complexity index is 1180. The third kappa shape index (κ3) is 4.14. The van der Waals surface area contributed by atoms with Crippen LogP contribution >= 0.6 is 11.6 Å². The van der Waals surface area contributed by atoms with Crippen LogP contribution < -0.4 is 10.6 Å². The van der Waals surface area contributed by atoms with Crippen molar-refractivity contribution in [1.29, 1.82) is 5.26 Å². The fraction of sp³-hybridized carbons (Fsp3) is 0.520. The molecule has 3 unspecified atom stereocenters. The Labute approximate surface area is 203 Å². The van der Waals surface area contributed by atoms with Gasteiger partial charge in [0, 0.05) is 24.4 Å². The second-order valence-corrected chi connectivity index (χ2v) is 10.4. The van der Waals surface area contributed by atoms with Crippen molar-refractivity contribution < 1.29 is 14.4 Å². The van der Waals surface area contributed by atoms with Gasteiger partial charge in [-0.15, -0.1) is 0 Å². The van der Waals surface area contributed by atoms with Gasteiger partial charge in [0.25, 0.3) is 5.91 Å². The Morgan fingerprint density at radius 3 is 2.82 bits per heavy atom. The minimum absolute atomic E-state index is 0.0350. The van der Waals surface area contributed by atoms with E-state index in [4.69, 9.17) is 11.6 Å². The van der Waals surface area contributed by atoms with E-state index in [-0.39, 0.29) is 35.5 Å². The molecule has 0 bridgehead atoms. The molecule has 2 aliphatic heterocycles. The first-order valence-corrected chi connectivity index (χ1v) is 12.3. The van der Waals surface area contributed by atoms with Gasteiger partial charge in [-0.2, -0.15) is 5.26 Å². The van der Waals surface area contributed by atoms with E-state index in [2.05, 4.69) is 21.7 Å². The van der Waals surface area contributed by atoms with Crippen LogP contribution in [0.1, 0.15) is 55.4 Å². The van der Waals surface area contributed by atoms with E-state index in [1.807, 2.05) is 12.1 Å². The van der Waals surface area contributed by atoms with Gasteiger partial charge in [0.1, 0.15) is 17.8 Å². The molecule has 2 aromatic rings. The third-order valence-electron chi connectivity index (χ3n) is 7.71. The molecule has 3 atom stereocenters. The SMILES string of the molecule is N#CC(CC1CCCNC1=O)NC(=O)C1CC2(CCC2)CN1C(=O)c1cc2cccc(Cl)c2[nH]1. The zero-order valence-corrected chi connectivity index (χ0v) is 19.7. The van der Waals surface area contributed by atoms with Crippen LogP contribution in [-0.2, 0) is 9.59 Å². The molecule has 1 saturated carbocycles.